The summed E-state index contributed by atoms with van der Waals surface area (Å²) in [5.74, 6) is -0.702. The lowest BCUT2D eigenvalue weighted by atomic mass is 10.1. The number of hydrogen-bond donors (Lipinski definition) is 1. The predicted molar refractivity (Wildman–Crippen MR) is 75.4 cm³/mol. The summed E-state index contributed by atoms with van der Waals surface area (Å²) >= 11 is 5.64. The molecule has 0 aliphatic rings. The minimum Gasteiger partial charge on any atom is -0.405 e. The fraction of sp³-hybridized carbons (Fsp3) is 0.417. The van der Waals surface area contributed by atoms with E-state index in [2.05, 4.69) is 5.48 Å². The standard InChI is InChI=1S/C12H17ClNO5P/c1-9(2)11(14-17-3)12(15)19-20(13,16)18-10-7-5-4-6-8-10/h4-9,11,14H,1-3H3/t11-,20?/m0/s1. The highest BCUT2D eigenvalue weighted by Gasteiger charge is 2.33. The van der Waals surface area contributed by atoms with Crippen molar-refractivity contribution in [3.8, 4) is 5.75 Å². The van der Waals surface area contributed by atoms with Crippen molar-refractivity contribution >= 4 is 24.2 Å². The highest BCUT2D eigenvalue weighted by Crippen LogP contribution is 2.53. The summed E-state index contributed by atoms with van der Waals surface area (Å²) in [5.41, 5.74) is 2.46. The fourth-order valence-corrected chi connectivity index (χ4v) is 2.56. The van der Waals surface area contributed by atoms with Crippen LogP contribution in [0.15, 0.2) is 30.3 Å². The van der Waals surface area contributed by atoms with Crippen LogP contribution in [-0.4, -0.2) is 19.1 Å². The molecule has 0 bridgehead atoms. The van der Waals surface area contributed by atoms with Crippen molar-refractivity contribution in [1.82, 2.24) is 5.48 Å². The lowest BCUT2D eigenvalue weighted by Crippen LogP contribution is -2.41. The van der Waals surface area contributed by atoms with Gasteiger partial charge in [0.2, 0.25) is 0 Å². The van der Waals surface area contributed by atoms with Crippen LogP contribution in [-0.2, 0) is 18.7 Å². The van der Waals surface area contributed by atoms with E-state index in [0.29, 0.717) is 0 Å². The Morgan fingerprint density at radius 3 is 2.40 bits per heavy atom. The second kappa shape index (κ2) is 7.64. The molecule has 0 amide bonds. The van der Waals surface area contributed by atoms with Crippen molar-refractivity contribution in [2.45, 2.75) is 19.9 Å². The Kier molecular flexibility index (Phi) is 6.49. The van der Waals surface area contributed by atoms with Gasteiger partial charge in [-0.1, -0.05) is 32.0 Å². The number of para-hydroxylation sites is 1. The van der Waals surface area contributed by atoms with Crippen LogP contribution in [0.25, 0.3) is 0 Å². The summed E-state index contributed by atoms with van der Waals surface area (Å²) in [6.07, 6.45) is 0. The van der Waals surface area contributed by atoms with Gasteiger partial charge in [0.05, 0.1) is 7.11 Å². The van der Waals surface area contributed by atoms with E-state index in [9.17, 15) is 9.36 Å². The van der Waals surface area contributed by atoms with Gasteiger partial charge in [0.25, 0.3) is 0 Å². The third kappa shape index (κ3) is 5.51. The molecule has 8 heteroatoms. The summed E-state index contributed by atoms with van der Waals surface area (Å²) in [6, 6.07) is 7.42. The van der Waals surface area contributed by atoms with E-state index in [4.69, 9.17) is 25.1 Å². The van der Waals surface area contributed by atoms with Gasteiger partial charge in [0, 0.05) is 11.2 Å². The van der Waals surface area contributed by atoms with Crippen LogP contribution in [0.3, 0.4) is 0 Å². The average Bonchev–Trinajstić information content (AvgIpc) is 2.35. The molecule has 1 rings (SSSR count). The first-order valence-corrected chi connectivity index (χ1v) is 8.37. The first kappa shape index (κ1) is 17.0. The molecule has 112 valence electrons. The largest absolute Gasteiger partial charge is 0.532 e. The molecule has 0 heterocycles. The molecule has 0 spiro atoms. The Hall–Kier alpha value is -1.07. The van der Waals surface area contributed by atoms with Crippen molar-refractivity contribution in [2.75, 3.05) is 7.11 Å². The minimum atomic E-state index is -4.06. The van der Waals surface area contributed by atoms with Crippen molar-refractivity contribution in [1.29, 1.82) is 0 Å². The van der Waals surface area contributed by atoms with Gasteiger partial charge < -0.3 is 13.9 Å². The zero-order valence-electron chi connectivity index (χ0n) is 11.4. The molecule has 0 aliphatic heterocycles. The molecule has 0 fully saturated rings. The van der Waals surface area contributed by atoms with Crippen LogP contribution in [0.4, 0.5) is 0 Å². The van der Waals surface area contributed by atoms with Gasteiger partial charge in [0.15, 0.2) is 0 Å². The number of halogens is 1. The lowest BCUT2D eigenvalue weighted by Gasteiger charge is -2.20. The molecular formula is C12H17ClNO5P. The predicted octanol–water partition coefficient (Wildman–Crippen LogP) is 3.13. The van der Waals surface area contributed by atoms with Crippen molar-refractivity contribution < 1.29 is 23.2 Å². The quantitative estimate of drug-likeness (QED) is 0.614. The molecule has 0 saturated carbocycles. The molecule has 0 saturated heterocycles. The minimum absolute atomic E-state index is 0.143. The highest BCUT2D eigenvalue weighted by atomic mass is 35.7. The van der Waals surface area contributed by atoms with E-state index in [-0.39, 0.29) is 11.7 Å². The smallest absolute Gasteiger partial charge is 0.405 e. The number of rotatable bonds is 7. The zero-order chi connectivity index (χ0) is 15.2. The summed E-state index contributed by atoms with van der Waals surface area (Å²) in [4.78, 5) is 16.6. The van der Waals surface area contributed by atoms with E-state index in [1.54, 1.807) is 44.2 Å². The summed E-state index contributed by atoms with van der Waals surface area (Å²) < 4.78 is 21.7. The van der Waals surface area contributed by atoms with Crippen LogP contribution in [0.5, 0.6) is 5.75 Å². The van der Waals surface area contributed by atoms with Gasteiger partial charge in [-0.15, -0.1) is 0 Å². The molecule has 1 aromatic rings. The number of hydrogen-bond acceptors (Lipinski definition) is 6. The topological polar surface area (TPSA) is 73.9 Å². The maximum Gasteiger partial charge on any atom is 0.532 e. The molecule has 0 aromatic heterocycles. The maximum absolute atomic E-state index is 12.0. The molecule has 20 heavy (non-hydrogen) atoms. The third-order valence-corrected chi connectivity index (χ3v) is 3.56. The number of nitrogens with one attached hydrogen (secondary N) is 1. The number of benzene rings is 1. The average molecular weight is 322 g/mol. The first-order valence-electron chi connectivity index (χ1n) is 5.92. The molecule has 1 unspecified atom stereocenters. The van der Waals surface area contributed by atoms with E-state index < -0.39 is 19.0 Å². The SMILES string of the molecule is CON[C@H](C(=O)OP(=O)(Cl)Oc1ccccc1)C(C)C. The number of hydroxylamine groups is 1. The van der Waals surface area contributed by atoms with Crippen LogP contribution in [0.2, 0.25) is 0 Å². The van der Waals surface area contributed by atoms with Crippen molar-refractivity contribution in [3.63, 3.8) is 0 Å². The normalized spacial score (nSPS) is 15.4. The van der Waals surface area contributed by atoms with Crippen LogP contribution < -0.4 is 10.0 Å². The lowest BCUT2D eigenvalue weighted by molar-refractivity contribution is -0.142. The van der Waals surface area contributed by atoms with Crippen LogP contribution >= 0.6 is 18.2 Å². The summed E-state index contributed by atoms with van der Waals surface area (Å²) in [7, 11) is 1.36. The maximum atomic E-state index is 12.0. The van der Waals surface area contributed by atoms with E-state index in [1.807, 2.05) is 0 Å². The van der Waals surface area contributed by atoms with Gasteiger partial charge in [-0.25, -0.2) is 9.36 Å². The number of carbonyl (C=O) groups excluding carboxylic acids is 1. The Bertz CT molecular complexity index is 482. The molecule has 1 N–H and O–H groups in total. The molecule has 6 nitrogen and oxygen atoms in total. The summed E-state index contributed by atoms with van der Waals surface area (Å²) in [6.45, 7) is -0.515. The van der Waals surface area contributed by atoms with E-state index >= 15 is 0 Å². The van der Waals surface area contributed by atoms with Gasteiger partial charge >= 0.3 is 12.9 Å². The van der Waals surface area contributed by atoms with Gasteiger partial charge in [-0.2, -0.15) is 5.48 Å². The second-order valence-electron chi connectivity index (χ2n) is 4.29. The monoisotopic (exact) mass is 321 g/mol. The summed E-state index contributed by atoms with van der Waals surface area (Å²) in [5, 5.41) is 0. The Morgan fingerprint density at radius 2 is 1.90 bits per heavy atom. The Labute approximate surface area is 122 Å². The fourth-order valence-electron chi connectivity index (χ4n) is 1.37. The highest BCUT2D eigenvalue weighted by molar-refractivity contribution is 7.82. The molecular weight excluding hydrogens is 305 g/mol. The Balaban J connectivity index is 2.69. The molecule has 0 aliphatic carbocycles. The first-order chi connectivity index (χ1) is 9.35. The van der Waals surface area contributed by atoms with Crippen molar-refractivity contribution in [3.05, 3.63) is 30.3 Å². The Morgan fingerprint density at radius 1 is 1.30 bits per heavy atom. The van der Waals surface area contributed by atoms with E-state index in [1.165, 1.54) is 7.11 Å². The number of carbonyl (C=O) groups is 1. The van der Waals surface area contributed by atoms with Gasteiger partial charge in [-0.05, 0) is 18.1 Å². The second-order valence-corrected chi connectivity index (χ2v) is 6.76. The molecule has 2 atom stereocenters. The van der Waals surface area contributed by atoms with Crippen LogP contribution in [0.1, 0.15) is 13.8 Å². The van der Waals surface area contributed by atoms with Gasteiger partial charge in [0.1, 0.15) is 11.8 Å². The van der Waals surface area contributed by atoms with Crippen molar-refractivity contribution in [2.24, 2.45) is 5.92 Å². The van der Waals surface area contributed by atoms with Crippen LogP contribution in [0, 0.1) is 5.92 Å². The zero-order valence-corrected chi connectivity index (χ0v) is 13.1. The molecule has 0 radical (unpaired) electrons. The molecule has 1 aromatic carbocycles. The third-order valence-electron chi connectivity index (χ3n) is 2.32. The van der Waals surface area contributed by atoms with Gasteiger partial charge in [-0.3, -0.25) is 0 Å². The van der Waals surface area contributed by atoms with E-state index in [0.717, 1.165) is 0 Å².